The molecule has 98 valence electrons. The molecule has 0 spiro atoms. The van der Waals surface area contributed by atoms with E-state index in [1.807, 2.05) is 27.7 Å². The zero-order valence-corrected chi connectivity index (χ0v) is 11.2. The van der Waals surface area contributed by atoms with Gasteiger partial charge in [-0.25, -0.2) is 0 Å². The van der Waals surface area contributed by atoms with E-state index in [0.717, 1.165) is 5.56 Å². The Morgan fingerprint density at radius 2 is 1.83 bits per heavy atom. The van der Waals surface area contributed by atoms with Crippen LogP contribution in [-0.4, -0.2) is 23.3 Å². The van der Waals surface area contributed by atoms with Gasteiger partial charge >= 0.3 is 7.12 Å². The number of rotatable bonds is 2. The lowest BCUT2D eigenvalue weighted by Gasteiger charge is -2.32. The van der Waals surface area contributed by atoms with Crippen molar-refractivity contribution in [2.24, 2.45) is 5.73 Å². The summed E-state index contributed by atoms with van der Waals surface area (Å²) < 4.78 is 11.8. The molecule has 1 saturated heterocycles. The highest BCUT2D eigenvalue weighted by atomic mass is 16.7. The molecule has 1 aliphatic heterocycles. The van der Waals surface area contributed by atoms with E-state index in [-0.39, 0.29) is 5.56 Å². The van der Waals surface area contributed by atoms with Crippen molar-refractivity contribution >= 4 is 12.6 Å². The molecule has 0 atom stereocenters. The number of nitrogens with one attached hydrogen (secondary N) is 1. The van der Waals surface area contributed by atoms with Crippen LogP contribution in [0.4, 0.5) is 0 Å². The van der Waals surface area contributed by atoms with Gasteiger partial charge in [0, 0.05) is 18.8 Å². The van der Waals surface area contributed by atoms with Crippen molar-refractivity contribution in [2.75, 3.05) is 0 Å². The van der Waals surface area contributed by atoms with Crippen molar-refractivity contribution in [2.45, 2.75) is 45.4 Å². The maximum Gasteiger partial charge on any atom is 0.495 e. The van der Waals surface area contributed by atoms with Crippen molar-refractivity contribution in [1.29, 1.82) is 0 Å². The van der Waals surface area contributed by atoms with Crippen LogP contribution in [-0.2, 0) is 15.9 Å². The molecule has 1 fully saturated rings. The second kappa shape index (κ2) is 4.22. The third-order valence-electron chi connectivity index (χ3n) is 3.77. The van der Waals surface area contributed by atoms with Crippen LogP contribution >= 0.6 is 0 Å². The van der Waals surface area contributed by atoms with Crippen LogP contribution in [0.5, 0.6) is 0 Å². The zero-order valence-electron chi connectivity index (χ0n) is 11.2. The summed E-state index contributed by atoms with van der Waals surface area (Å²) in [6.07, 6.45) is 1.61. The van der Waals surface area contributed by atoms with Crippen LogP contribution in [0.25, 0.3) is 0 Å². The number of pyridine rings is 1. The lowest BCUT2D eigenvalue weighted by atomic mass is 9.76. The average Bonchev–Trinajstić information content (AvgIpc) is 2.48. The molecule has 1 aliphatic rings. The predicted octanol–water partition coefficient (Wildman–Crippen LogP) is 0.133. The van der Waals surface area contributed by atoms with E-state index in [1.165, 1.54) is 6.07 Å². The predicted molar refractivity (Wildman–Crippen MR) is 70.7 cm³/mol. The Morgan fingerprint density at radius 1 is 1.28 bits per heavy atom. The fraction of sp³-hybridized carbons (Fsp3) is 0.583. The molecule has 2 heterocycles. The van der Waals surface area contributed by atoms with E-state index in [4.69, 9.17) is 15.0 Å². The Hall–Kier alpha value is -1.11. The van der Waals surface area contributed by atoms with Gasteiger partial charge in [-0.15, -0.1) is 0 Å². The Morgan fingerprint density at radius 3 is 2.33 bits per heavy atom. The van der Waals surface area contributed by atoms with Crippen LogP contribution in [0, 0.1) is 0 Å². The smallest absolute Gasteiger partial charge is 0.399 e. The molecule has 0 bridgehead atoms. The van der Waals surface area contributed by atoms with Crippen molar-refractivity contribution < 1.29 is 9.31 Å². The minimum Gasteiger partial charge on any atom is -0.399 e. The number of H-pyrrole nitrogens is 1. The molecule has 0 unspecified atom stereocenters. The first-order valence-electron chi connectivity index (χ1n) is 6.04. The van der Waals surface area contributed by atoms with Crippen LogP contribution in [0.2, 0.25) is 0 Å². The molecule has 0 amide bonds. The fourth-order valence-corrected chi connectivity index (χ4v) is 1.88. The Labute approximate surface area is 107 Å². The molecule has 0 aliphatic carbocycles. The van der Waals surface area contributed by atoms with E-state index >= 15 is 0 Å². The highest BCUT2D eigenvalue weighted by Crippen LogP contribution is 2.36. The minimum atomic E-state index is -0.546. The number of aromatic amines is 1. The summed E-state index contributed by atoms with van der Waals surface area (Å²) in [4.78, 5) is 14.0. The zero-order chi connectivity index (χ0) is 13.6. The third kappa shape index (κ3) is 2.11. The van der Waals surface area contributed by atoms with Gasteiger partial charge in [0.2, 0.25) is 5.56 Å². The van der Waals surface area contributed by atoms with Gasteiger partial charge in [0.25, 0.3) is 0 Å². The number of hydrogen-bond acceptors (Lipinski definition) is 4. The van der Waals surface area contributed by atoms with E-state index in [0.29, 0.717) is 12.0 Å². The van der Waals surface area contributed by atoms with E-state index in [1.54, 1.807) is 6.20 Å². The highest BCUT2D eigenvalue weighted by molar-refractivity contribution is 6.62. The van der Waals surface area contributed by atoms with Gasteiger partial charge in [-0.2, -0.15) is 0 Å². The molecule has 0 saturated carbocycles. The SMILES string of the molecule is CC1(C)OB(c2cc(=O)[nH]cc2CN)OC1(C)C. The quantitative estimate of drug-likeness (QED) is 0.731. The lowest BCUT2D eigenvalue weighted by Crippen LogP contribution is -2.41. The molecule has 5 nitrogen and oxygen atoms in total. The number of aromatic nitrogens is 1. The molecule has 0 radical (unpaired) electrons. The van der Waals surface area contributed by atoms with E-state index in [9.17, 15) is 4.79 Å². The number of hydrogen-bond donors (Lipinski definition) is 2. The number of nitrogens with two attached hydrogens (primary N) is 1. The van der Waals surface area contributed by atoms with Crippen LogP contribution in [0.15, 0.2) is 17.1 Å². The van der Waals surface area contributed by atoms with Crippen molar-refractivity contribution in [3.05, 3.63) is 28.2 Å². The maximum atomic E-state index is 11.4. The van der Waals surface area contributed by atoms with Gasteiger partial charge in [-0.05, 0) is 38.7 Å². The van der Waals surface area contributed by atoms with Gasteiger partial charge in [0.15, 0.2) is 0 Å². The van der Waals surface area contributed by atoms with Gasteiger partial charge < -0.3 is 20.0 Å². The van der Waals surface area contributed by atoms with Gasteiger partial charge in [-0.3, -0.25) is 4.79 Å². The molecule has 18 heavy (non-hydrogen) atoms. The lowest BCUT2D eigenvalue weighted by molar-refractivity contribution is 0.00578. The molecular formula is C12H19BN2O3. The van der Waals surface area contributed by atoms with Crippen LogP contribution in [0.1, 0.15) is 33.3 Å². The van der Waals surface area contributed by atoms with Gasteiger partial charge in [-0.1, -0.05) is 0 Å². The third-order valence-corrected chi connectivity index (χ3v) is 3.77. The molecule has 3 N–H and O–H groups in total. The molecule has 2 rings (SSSR count). The molecule has 1 aromatic rings. The topological polar surface area (TPSA) is 77.3 Å². The standard InChI is InChI=1S/C12H19BN2O3/c1-11(2)12(3,4)18-13(17-11)9-5-10(16)15-7-8(9)6-14/h5,7H,6,14H2,1-4H3,(H,15,16). The Kier molecular flexibility index (Phi) is 3.13. The summed E-state index contributed by atoms with van der Waals surface area (Å²) in [6.45, 7) is 8.23. The second-order valence-corrected chi connectivity index (χ2v) is 5.57. The Bertz CT molecular complexity index is 494. The summed E-state index contributed by atoms with van der Waals surface area (Å²) in [5.41, 5.74) is 6.17. The van der Waals surface area contributed by atoms with Gasteiger partial charge in [0.05, 0.1) is 11.2 Å². The van der Waals surface area contributed by atoms with Crippen molar-refractivity contribution in [1.82, 2.24) is 4.98 Å². The van der Waals surface area contributed by atoms with Crippen molar-refractivity contribution in [3.8, 4) is 0 Å². The maximum absolute atomic E-state index is 11.4. The normalized spacial score (nSPS) is 21.3. The first-order chi connectivity index (χ1) is 8.27. The largest absolute Gasteiger partial charge is 0.495 e. The second-order valence-electron chi connectivity index (χ2n) is 5.57. The summed E-state index contributed by atoms with van der Waals surface area (Å²) in [5, 5.41) is 0. The summed E-state index contributed by atoms with van der Waals surface area (Å²) in [5.74, 6) is 0. The van der Waals surface area contributed by atoms with Crippen LogP contribution in [0.3, 0.4) is 0 Å². The fourth-order valence-electron chi connectivity index (χ4n) is 1.88. The highest BCUT2D eigenvalue weighted by Gasteiger charge is 2.52. The average molecular weight is 250 g/mol. The first kappa shape index (κ1) is 13.3. The Balaban J connectivity index is 2.40. The van der Waals surface area contributed by atoms with E-state index < -0.39 is 18.3 Å². The van der Waals surface area contributed by atoms with E-state index in [2.05, 4.69) is 4.98 Å². The minimum absolute atomic E-state index is 0.183. The first-order valence-corrected chi connectivity index (χ1v) is 6.04. The molecule has 6 heteroatoms. The molecule has 1 aromatic heterocycles. The molecular weight excluding hydrogens is 231 g/mol. The van der Waals surface area contributed by atoms with Crippen molar-refractivity contribution in [3.63, 3.8) is 0 Å². The summed E-state index contributed by atoms with van der Waals surface area (Å²) in [6, 6.07) is 1.49. The summed E-state index contributed by atoms with van der Waals surface area (Å²) >= 11 is 0. The molecule has 0 aromatic carbocycles. The monoisotopic (exact) mass is 250 g/mol. The van der Waals surface area contributed by atoms with Gasteiger partial charge in [0.1, 0.15) is 0 Å². The summed E-state index contributed by atoms with van der Waals surface area (Å²) in [7, 11) is -0.546. The van der Waals surface area contributed by atoms with Crippen LogP contribution < -0.4 is 16.8 Å².